The highest BCUT2D eigenvalue weighted by atomic mass is 35.5. The second-order valence-electron chi connectivity index (χ2n) is 8.01. The Balaban J connectivity index is 1.55. The summed E-state index contributed by atoms with van der Waals surface area (Å²) in [6.07, 6.45) is 3.52. The summed E-state index contributed by atoms with van der Waals surface area (Å²) in [7, 11) is 1.90. The molecule has 0 amide bonds. The van der Waals surface area contributed by atoms with Crippen molar-refractivity contribution >= 4 is 22.5 Å². The third kappa shape index (κ3) is 3.75. The van der Waals surface area contributed by atoms with Crippen LogP contribution in [0.3, 0.4) is 0 Å². The first kappa shape index (κ1) is 21.2. The molecule has 0 spiro atoms. The van der Waals surface area contributed by atoms with Gasteiger partial charge >= 0.3 is 0 Å². The van der Waals surface area contributed by atoms with Crippen LogP contribution in [0, 0.1) is 6.92 Å². The number of aliphatic hydroxyl groups excluding tert-OH is 1. The largest absolute Gasteiger partial charge is 0.394 e. The molecule has 0 radical (unpaired) electrons. The number of nitrogens with zero attached hydrogens (tertiary/aromatic N) is 4. The van der Waals surface area contributed by atoms with Gasteiger partial charge in [-0.2, -0.15) is 10.2 Å². The summed E-state index contributed by atoms with van der Waals surface area (Å²) in [6.45, 7) is 1.79. The van der Waals surface area contributed by atoms with E-state index in [2.05, 4.69) is 15.3 Å². The van der Waals surface area contributed by atoms with Crippen molar-refractivity contribution in [2.24, 2.45) is 7.05 Å². The average molecular weight is 460 g/mol. The summed E-state index contributed by atoms with van der Waals surface area (Å²) in [6, 6.07) is 16.1. The highest BCUT2D eigenvalue weighted by molar-refractivity contribution is 6.30. The van der Waals surface area contributed by atoms with Crippen LogP contribution in [0.1, 0.15) is 17.3 Å². The summed E-state index contributed by atoms with van der Waals surface area (Å²) in [5.41, 5.74) is 5.98. The van der Waals surface area contributed by atoms with Crippen LogP contribution in [0.2, 0.25) is 5.02 Å². The third-order valence-electron chi connectivity index (χ3n) is 6.08. The molecular weight excluding hydrogens is 438 g/mol. The summed E-state index contributed by atoms with van der Waals surface area (Å²) in [5, 5.41) is 23.4. The molecule has 3 aromatic heterocycles. The molecule has 2 aromatic carbocycles. The van der Waals surface area contributed by atoms with E-state index in [1.54, 1.807) is 30.5 Å². The molecule has 0 fully saturated rings. The van der Waals surface area contributed by atoms with Gasteiger partial charge in [0, 0.05) is 41.0 Å². The Morgan fingerprint density at radius 3 is 2.64 bits per heavy atom. The zero-order valence-electron chi connectivity index (χ0n) is 18.2. The standard InChI is InChI=1S/C25H22ClN5O2/c1-15-21(13-27-30(15)2)25-20-11-16(6-7-22(20)28-29-25)17-8-9-31(24(33)12-17)23(14-32)18-4-3-5-19(26)10-18/h3-13,23,32H,14H2,1-2H3,(H,28,29). The number of pyridine rings is 1. The van der Waals surface area contributed by atoms with Crippen molar-refractivity contribution in [3.05, 3.63) is 93.6 Å². The fourth-order valence-electron chi connectivity index (χ4n) is 4.12. The van der Waals surface area contributed by atoms with Crippen LogP contribution in [0.4, 0.5) is 0 Å². The van der Waals surface area contributed by atoms with E-state index in [9.17, 15) is 9.90 Å². The molecule has 5 rings (SSSR count). The van der Waals surface area contributed by atoms with Crippen LogP contribution in [-0.4, -0.2) is 36.3 Å². The Kier molecular flexibility index (Phi) is 5.36. The molecule has 0 saturated carbocycles. The molecule has 5 aromatic rings. The summed E-state index contributed by atoms with van der Waals surface area (Å²) >= 11 is 6.10. The Morgan fingerprint density at radius 2 is 1.94 bits per heavy atom. The third-order valence-corrected chi connectivity index (χ3v) is 6.31. The van der Waals surface area contributed by atoms with E-state index in [1.807, 2.05) is 55.2 Å². The first-order chi connectivity index (χ1) is 16.0. The molecule has 0 aliphatic rings. The lowest BCUT2D eigenvalue weighted by molar-refractivity contribution is 0.247. The van der Waals surface area contributed by atoms with Gasteiger partial charge in [0.15, 0.2) is 0 Å². The van der Waals surface area contributed by atoms with E-state index in [0.717, 1.165) is 44.5 Å². The molecule has 0 aliphatic carbocycles. The molecule has 166 valence electrons. The first-order valence-electron chi connectivity index (χ1n) is 10.5. The van der Waals surface area contributed by atoms with Gasteiger partial charge in [0.25, 0.3) is 5.56 Å². The number of nitrogens with one attached hydrogen (secondary N) is 1. The van der Waals surface area contributed by atoms with Crippen LogP contribution in [-0.2, 0) is 7.05 Å². The first-order valence-corrected chi connectivity index (χ1v) is 10.9. The lowest BCUT2D eigenvalue weighted by atomic mass is 10.0. The number of aliphatic hydroxyl groups is 1. The minimum Gasteiger partial charge on any atom is -0.394 e. The van der Waals surface area contributed by atoms with E-state index in [1.165, 1.54) is 4.57 Å². The predicted molar refractivity (Wildman–Crippen MR) is 129 cm³/mol. The number of rotatable bonds is 5. The molecule has 0 bridgehead atoms. The highest BCUT2D eigenvalue weighted by Gasteiger charge is 2.17. The lowest BCUT2D eigenvalue weighted by Crippen LogP contribution is -2.26. The second-order valence-corrected chi connectivity index (χ2v) is 8.45. The lowest BCUT2D eigenvalue weighted by Gasteiger charge is -2.18. The maximum atomic E-state index is 13.0. The number of hydrogen-bond donors (Lipinski definition) is 2. The molecule has 33 heavy (non-hydrogen) atoms. The molecule has 1 atom stereocenters. The molecule has 1 unspecified atom stereocenters. The molecule has 2 N–H and O–H groups in total. The topological polar surface area (TPSA) is 88.7 Å². The van der Waals surface area contributed by atoms with Gasteiger partial charge in [0.2, 0.25) is 0 Å². The summed E-state index contributed by atoms with van der Waals surface area (Å²) in [5.74, 6) is 0. The maximum Gasteiger partial charge on any atom is 0.251 e. The molecule has 0 saturated heterocycles. The minimum atomic E-state index is -0.512. The number of halogens is 1. The van der Waals surface area contributed by atoms with Crippen molar-refractivity contribution in [3.8, 4) is 22.4 Å². The van der Waals surface area contributed by atoms with Crippen molar-refractivity contribution in [1.29, 1.82) is 0 Å². The normalized spacial score (nSPS) is 12.4. The van der Waals surface area contributed by atoms with Gasteiger partial charge in [-0.3, -0.25) is 14.6 Å². The molecule has 8 heteroatoms. The monoisotopic (exact) mass is 459 g/mol. The van der Waals surface area contributed by atoms with Gasteiger partial charge in [-0.1, -0.05) is 29.8 Å². The van der Waals surface area contributed by atoms with E-state index in [0.29, 0.717) is 5.02 Å². The van der Waals surface area contributed by atoms with Crippen LogP contribution in [0.15, 0.2) is 71.8 Å². The van der Waals surface area contributed by atoms with Crippen molar-refractivity contribution in [3.63, 3.8) is 0 Å². The fourth-order valence-corrected chi connectivity index (χ4v) is 4.32. The van der Waals surface area contributed by atoms with Crippen molar-refractivity contribution < 1.29 is 5.11 Å². The zero-order chi connectivity index (χ0) is 23.1. The number of fused-ring (bicyclic) bond motifs is 1. The Morgan fingerprint density at radius 1 is 1.12 bits per heavy atom. The Bertz CT molecular complexity index is 1530. The van der Waals surface area contributed by atoms with Gasteiger partial charge in [-0.25, -0.2) is 0 Å². The van der Waals surface area contributed by atoms with Crippen molar-refractivity contribution in [2.75, 3.05) is 6.61 Å². The number of aromatic nitrogens is 5. The number of aromatic amines is 1. The van der Waals surface area contributed by atoms with E-state index >= 15 is 0 Å². The van der Waals surface area contributed by atoms with E-state index in [-0.39, 0.29) is 12.2 Å². The zero-order valence-corrected chi connectivity index (χ0v) is 18.9. The minimum absolute atomic E-state index is 0.206. The number of H-pyrrole nitrogens is 1. The van der Waals surface area contributed by atoms with E-state index in [4.69, 9.17) is 11.6 Å². The fraction of sp³-hybridized carbons (Fsp3) is 0.160. The van der Waals surface area contributed by atoms with Crippen molar-refractivity contribution in [1.82, 2.24) is 24.5 Å². The van der Waals surface area contributed by atoms with Crippen LogP contribution in [0.5, 0.6) is 0 Å². The Hall–Kier alpha value is -3.68. The summed E-state index contributed by atoms with van der Waals surface area (Å²) in [4.78, 5) is 13.0. The smallest absolute Gasteiger partial charge is 0.251 e. The van der Waals surface area contributed by atoms with Crippen LogP contribution < -0.4 is 5.56 Å². The van der Waals surface area contributed by atoms with Crippen molar-refractivity contribution in [2.45, 2.75) is 13.0 Å². The predicted octanol–water partition coefficient (Wildman–Crippen LogP) is 4.34. The average Bonchev–Trinajstić information content (AvgIpc) is 3.37. The highest BCUT2D eigenvalue weighted by Crippen LogP contribution is 2.31. The van der Waals surface area contributed by atoms with Crippen LogP contribution >= 0.6 is 11.6 Å². The second kappa shape index (κ2) is 8.35. The number of hydrogen-bond acceptors (Lipinski definition) is 4. The van der Waals surface area contributed by atoms with Gasteiger partial charge in [0.1, 0.15) is 5.69 Å². The quantitative estimate of drug-likeness (QED) is 0.409. The molecule has 7 nitrogen and oxygen atoms in total. The van der Waals surface area contributed by atoms with Gasteiger partial charge in [-0.05, 0) is 53.9 Å². The molecule has 3 heterocycles. The van der Waals surface area contributed by atoms with Gasteiger partial charge in [0.05, 0.1) is 24.4 Å². The molecular formula is C25H22ClN5O2. The molecule has 0 aliphatic heterocycles. The van der Waals surface area contributed by atoms with Gasteiger partial charge < -0.3 is 9.67 Å². The number of aryl methyl sites for hydroxylation is 1. The maximum absolute atomic E-state index is 13.0. The van der Waals surface area contributed by atoms with Gasteiger partial charge in [-0.15, -0.1) is 0 Å². The SMILES string of the molecule is Cc1c(-c2n[nH]c3ccc(-c4ccn(C(CO)c5cccc(Cl)c5)c(=O)c4)cc23)cnn1C. The number of benzene rings is 2. The van der Waals surface area contributed by atoms with Crippen LogP contribution in [0.25, 0.3) is 33.3 Å². The van der Waals surface area contributed by atoms with E-state index < -0.39 is 6.04 Å². The Labute approximate surface area is 194 Å². The summed E-state index contributed by atoms with van der Waals surface area (Å²) < 4.78 is 3.34.